The van der Waals surface area contributed by atoms with Gasteiger partial charge in [0.05, 0.1) is 6.61 Å². The van der Waals surface area contributed by atoms with E-state index in [4.69, 9.17) is 9.47 Å². The molecule has 2 aromatic carbocycles. The lowest BCUT2D eigenvalue weighted by molar-refractivity contribution is -0.228. The number of aryl methyl sites for hydroxylation is 2. The van der Waals surface area contributed by atoms with Gasteiger partial charge in [0.2, 0.25) is 0 Å². The highest BCUT2D eigenvalue weighted by atomic mass is 19.3. The summed E-state index contributed by atoms with van der Waals surface area (Å²) in [5.41, 5.74) is 1.72. The van der Waals surface area contributed by atoms with Crippen LogP contribution in [0.15, 0.2) is 42.2 Å². The number of hydrogen-bond acceptors (Lipinski definition) is 2. The Morgan fingerprint density at radius 2 is 1.53 bits per heavy atom. The van der Waals surface area contributed by atoms with Crippen LogP contribution >= 0.6 is 0 Å². The standard InChI is InChI=1S/C25H29F3O2/c1-3-5-7-18-8-10-19(11-9-18)12-14-21-17-20-13-15-22(29-16-6-4-2)24(26)23(20)25(27,28)30-21/h8-11,13,15,17H,3-7,12,14,16H2,1-2H3. The van der Waals surface area contributed by atoms with Crippen LogP contribution in [0.3, 0.4) is 0 Å². The maximum absolute atomic E-state index is 14.7. The zero-order chi connectivity index (χ0) is 21.6. The lowest BCUT2D eigenvalue weighted by Gasteiger charge is -2.27. The predicted molar refractivity (Wildman–Crippen MR) is 113 cm³/mol. The molecule has 0 amide bonds. The Morgan fingerprint density at radius 3 is 2.20 bits per heavy atom. The summed E-state index contributed by atoms with van der Waals surface area (Å²) < 4.78 is 54.1. The monoisotopic (exact) mass is 418 g/mol. The quantitative estimate of drug-likeness (QED) is 0.374. The SMILES string of the molecule is CCCCOc1ccc2c(c1F)C(F)(F)OC(CCc1ccc(CCCC)cc1)=C2. The van der Waals surface area contributed by atoms with Crippen LogP contribution in [0.5, 0.6) is 5.75 Å². The van der Waals surface area contributed by atoms with Gasteiger partial charge in [-0.1, -0.05) is 57.0 Å². The molecular weight excluding hydrogens is 389 g/mol. The Hall–Kier alpha value is -2.43. The van der Waals surface area contributed by atoms with Gasteiger partial charge in [0.15, 0.2) is 11.6 Å². The van der Waals surface area contributed by atoms with E-state index in [-0.39, 0.29) is 23.7 Å². The van der Waals surface area contributed by atoms with Gasteiger partial charge in [-0.2, -0.15) is 8.78 Å². The molecule has 162 valence electrons. The van der Waals surface area contributed by atoms with Gasteiger partial charge in [0.25, 0.3) is 0 Å². The summed E-state index contributed by atoms with van der Waals surface area (Å²) >= 11 is 0. The van der Waals surface area contributed by atoms with E-state index in [0.29, 0.717) is 12.8 Å². The van der Waals surface area contributed by atoms with Crippen molar-refractivity contribution in [2.45, 2.75) is 64.9 Å². The minimum Gasteiger partial charge on any atom is -0.491 e. The van der Waals surface area contributed by atoms with Crippen LogP contribution in [0.4, 0.5) is 13.2 Å². The van der Waals surface area contributed by atoms with Crippen LogP contribution in [0.1, 0.15) is 68.2 Å². The molecule has 0 spiro atoms. The fourth-order valence-electron chi connectivity index (χ4n) is 3.49. The van der Waals surface area contributed by atoms with Crippen molar-refractivity contribution in [3.63, 3.8) is 0 Å². The van der Waals surface area contributed by atoms with E-state index in [0.717, 1.165) is 37.7 Å². The van der Waals surface area contributed by atoms with Crippen molar-refractivity contribution >= 4 is 6.08 Å². The van der Waals surface area contributed by atoms with Crippen molar-refractivity contribution in [2.75, 3.05) is 6.61 Å². The average molecular weight is 418 g/mol. The van der Waals surface area contributed by atoms with Crippen molar-refractivity contribution in [1.29, 1.82) is 0 Å². The van der Waals surface area contributed by atoms with Crippen LogP contribution in [0, 0.1) is 5.82 Å². The fourth-order valence-corrected chi connectivity index (χ4v) is 3.49. The van der Waals surface area contributed by atoms with Crippen LogP contribution < -0.4 is 4.74 Å². The van der Waals surface area contributed by atoms with E-state index < -0.39 is 17.5 Å². The van der Waals surface area contributed by atoms with Gasteiger partial charge in [0, 0.05) is 6.42 Å². The highest BCUT2D eigenvalue weighted by Crippen LogP contribution is 2.43. The Bertz CT molecular complexity index is 873. The number of halogens is 3. The lowest BCUT2D eigenvalue weighted by Crippen LogP contribution is -2.25. The molecule has 0 fully saturated rings. The van der Waals surface area contributed by atoms with E-state index in [1.54, 1.807) is 0 Å². The molecule has 30 heavy (non-hydrogen) atoms. The van der Waals surface area contributed by atoms with Crippen molar-refractivity contribution in [3.05, 3.63) is 70.2 Å². The van der Waals surface area contributed by atoms with Crippen LogP contribution in [-0.4, -0.2) is 6.61 Å². The smallest absolute Gasteiger partial charge is 0.430 e. The molecule has 0 unspecified atom stereocenters. The third-order valence-corrected chi connectivity index (χ3v) is 5.26. The van der Waals surface area contributed by atoms with E-state index in [1.165, 1.54) is 23.8 Å². The molecule has 5 heteroatoms. The molecule has 2 aromatic rings. The second-order valence-electron chi connectivity index (χ2n) is 7.69. The van der Waals surface area contributed by atoms with E-state index in [9.17, 15) is 13.2 Å². The number of alkyl halides is 2. The van der Waals surface area contributed by atoms with Crippen LogP contribution in [-0.2, 0) is 23.7 Å². The highest BCUT2D eigenvalue weighted by Gasteiger charge is 2.43. The van der Waals surface area contributed by atoms with Gasteiger partial charge in [-0.05, 0) is 54.5 Å². The maximum atomic E-state index is 14.7. The molecule has 1 aliphatic rings. The lowest BCUT2D eigenvalue weighted by atomic mass is 9.99. The van der Waals surface area contributed by atoms with Gasteiger partial charge in [-0.25, -0.2) is 4.39 Å². The van der Waals surface area contributed by atoms with Crippen molar-refractivity contribution < 1.29 is 22.6 Å². The zero-order valence-electron chi connectivity index (χ0n) is 17.6. The Balaban J connectivity index is 1.71. The second kappa shape index (κ2) is 10.1. The molecule has 0 bridgehead atoms. The minimum absolute atomic E-state index is 0.136. The summed E-state index contributed by atoms with van der Waals surface area (Å²) in [6.07, 6.45) is 3.62. The molecule has 0 atom stereocenters. The first kappa shape index (κ1) is 22.3. The summed E-state index contributed by atoms with van der Waals surface area (Å²) in [5, 5.41) is 0. The topological polar surface area (TPSA) is 18.5 Å². The Morgan fingerprint density at radius 1 is 0.867 bits per heavy atom. The van der Waals surface area contributed by atoms with Crippen LogP contribution in [0.25, 0.3) is 6.08 Å². The maximum Gasteiger partial charge on any atom is 0.430 e. The third-order valence-electron chi connectivity index (χ3n) is 5.26. The van der Waals surface area contributed by atoms with Gasteiger partial charge in [0.1, 0.15) is 11.3 Å². The van der Waals surface area contributed by atoms with Crippen LogP contribution in [0.2, 0.25) is 0 Å². The third kappa shape index (κ3) is 5.38. The van der Waals surface area contributed by atoms with Gasteiger partial charge < -0.3 is 9.47 Å². The molecule has 0 N–H and O–H groups in total. The van der Waals surface area contributed by atoms with E-state index >= 15 is 0 Å². The normalized spacial score (nSPS) is 14.6. The summed E-state index contributed by atoms with van der Waals surface area (Å²) in [6, 6.07) is 11.1. The number of allylic oxidation sites excluding steroid dienone is 1. The van der Waals surface area contributed by atoms with E-state index in [1.807, 2.05) is 19.1 Å². The van der Waals surface area contributed by atoms with Crippen molar-refractivity contribution in [3.8, 4) is 5.75 Å². The molecule has 0 saturated carbocycles. The first-order chi connectivity index (χ1) is 14.4. The number of hydrogen-bond donors (Lipinski definition) is 0. The predicted octanol–water partition coefficient (Wildman–Crippen LogP) is 7.40. The summed E-state index contributed by atoms with van der Waals surface area (Å²) in [4.78, 5) is 0. The van der Waals surface area contributed by atoms with Gasteiger partial charge in [-0.3, -0.25) is 0 Å². The molecule has 1 aliphatic heterocycles. The number of benzene rings is 2. The molecule has 3 rings (SSSR count). The zero-order valence-corrected chi connectivity index (χ0v) is 17.6. The largest absolute Gasteiger partial charge is 0.491 e. The highest BCUT2D eigenvalue weighted by molar-refractivity contribution is 5.61. The average Bonchev–Trinajstić information content (AvgIpc) is 2.72. The molecule has 0 aromatic heterocycles. The molecular formula is C25H29F3O2. The van der Waals surface area contributed by atoms with Crippen molar-refractivity contribution in [1.82, 2.24) is 0 Å². The first-order valence-corrected chi connectivity index (χ1v) is 10.8. The van der Waals surface area contributed by atoms with Gasteiger partial charge >= 0.3 is 6.11 Å². The Labute approximate surface area is 176 Å². The summed E-state index contributed by atoms with van der Waals surface area (Å²) in [5.74, 6) is -1.06. The summed E-state index contributed by atoms with van der Waals surface area (Å²) in [6.45, 7) is 4.42. The Kier molecular flexibility index (Phi) is 7.46. The fraction of sp³-hybridized carbons (Fsp3) is 0.440. The minimum atomic E-state index is -3.72. The number of ether oxygens (including phenoxy) is 2. The molecule has 0 saturated heterocycles. The van der Waals surface area contributed by atoms with Gasteiger partial charge in [-0.15, -0.1) is 0 Å². The number of unbranched alkanes of at least 4 members (excludes halogenated alkanes) is 2. The number of fused-ring (bicyclic) bond motifs is 1. The molecule has 1 heterocycles. The van der Waals surface area contributed by atoms with Crippen molar-refractivity contribution in [2.24, 2.45) is 0 Å². The van der Waals surface area contributed by atoms with E-state index in [2.05, 4.69) is 19.1 Å². The molecule has 2 nitrogen and oxygen atoms in total. The first-order valence-electron chi connectivity index (χ1n) is 10.8. The summed E-state index contributed by atoms with van der Waals surface area (Å²) in [7, 11) is 0. The second-order valence-corrected chi connectivity index (χ2v) is 7.69. The number of rotatable bonds is 10. The molecule has 0 radical (unpaired) electrons. The molecule has 0 aliphatic carbocycles.